The van der Waals surface area contributed by atoms with E-state index in [1.807, 2.05) is 41.5 Å². The van der Waals surface area contributed by atoms with Gasteiger partial charge in [-0.3, -0.25) is 0 Å². The Bertz CT molecular complexity index is 699. The van der Waals surface area contributed by atoms with Crippen LogP contribution in [0.1, 0.15) is 41.5 Å². The molecule has 12 heteroatoms. The molecule has 3 N–H and O–H groups in total. The number of ether oxygens (including phenoxy) is 3. The summed E-state index contributed by atoms with van der Waals surface area (Å²) in [6.07, 6.45) is 0. The fourth-order valence-electron chi connectivity index (χ4n) is 2.86. The van der Waals surface area contributed by atoms with Gasteiger partial charge < -0.3 is 30.2 Å². The number of aromatic nitrogens is 3. The molecule has 12 nitrogen and oxygen atoms in total. The van der Waals surface area contributed by atoms with Crippen LogP contribution in [0.4, 0.5) is 17.8 Å². The molecule has 0 aliphatic heterocycles. The molecule has 0 fully saturated rings. The molecule has 0 aliphatic rings. The van der Waals surface area contributed by atoms with Gasteiger partial charge >= 0.3 is 17.9 Å². The molecule has 1 rings (SSSR count). The van der Waals surface area contributed by atoms with Crippen LogP contribution in [0.5, 0.6) is 0 Å². The molecule has 0 saturated heterocycles. The van der Waals surface area contributed by atoms with E-state index in [1.54, 1.807) is 0 Å². The van der Waals surface area contributed by atoms with Crippen molar-refractivity contribution >= 4 is 35.8 Å². The third-order valence-electron chi connectivity index (χ3n) is 4.85. The highest BCUT2D eigenvalue weighted by molar-refractivity contribution is 5.80. The zero-order valence-electron chi connectivity index (χ0n) is 20.8. The molecular weight excluding hydrogens is 432 g/mol. The second-order valence-corrected chi connectivity index (χ2v) is 8.47. The second-order valence-electron chi connectivity index (χ2n) is 8.47. The zero-order chi connectivity index (χ0) is 25.3. The highest BCUT2D eigenvalue weighted by Crippen LogP contribution is 2.18. The minimum atomic E-state index is -0.735. The number of nitrogens with one attached hydrogen (secondary N) is 3. The van der Waals surface area contributed by atoms with Crippen LogP contribution < -0.4 is 16.0 Å². The van der Waals surface area contributed by atoms with Crippen LogP contribution >= 0.6 is 0 Å². The van der Waals surface area contributed by atoms with Crippen LogP contribution in [0, 0.1) is 17.8 Å². The molecule has 3 atom stereocenters. The first-order chi connectivity index (χ1) is 15.4. The molecule has 1 aromatic rings. The number of nitrogens with zero attached hydrogens (tertiary/aromatic N) is 3. The van der Waals surface area contributed by atoms with Crippen molar-refractivity contribution in [2.45, 2.75) is 59.7 Å². The van der Waals surface area contributed by atoms with Crippen LogP contribution in [0.15, 0.2) is 0 Å². The maximum Gasteiger partial charge on any atom is 0.328 e. The molecule has 3 unspecified atom stereocenters. The lowest BCUT2D eigenvalue weighted by molar-refractivity contribution is -0.143. The normalized spacial score (nSPS) is 13.8. The van der Waals surface area contributed by atoms with Gasteiger partial charge in [0.25, 0.3) is 0 Å². The maximum absolute atomic E-state index is 12.2. The molecule has 0 spiro atoms. The maximum atomic E-state index is 12.2. The van der Waals surface area contributed by atoms with E-state index < -0.39 is 36.0 Å². The zero-order valence-corrected chi connectivity index (χ0v) is 20.8. The van der Waals surface area contributed by atoms with Crippen LogP contribution in [0.25, 0.3) is 0 Å². The summed E-state index contributed by atoms with van der Waals surface area (Å²) >= 11 is 0. The number of carbonyl (C=O) groups is 3. The molecule has 33 heavy (non-hydrogen) atoms. The van der Waals surface area contributed by atoms with Gasteiger partial charge in [0.05, 0.1) is 21.3 Å². The van der Waals surface area contributed by atoms with Crippen molar-refractivity contribution in [2.75, 3.05) is 37.3 Å². The number of anilines is 3. The summed E-state index contributed by atoms with van der Waals surface area (Å²) in [6, 6.07) is -2.21. The van der Waals surface area contributed by atoms with Gasteiger partial charge in [0.15, 0.2) is 0 Å². The third-order valence-corrected chi connectivity index (χ3v) is 4.85. The van der Waals surface area contributed by atoms with Crippen LogP contribution in [-0.2, 0) is 28.6 Å². The molecule has 1 heterocycles. The number of esters is 3. The topological polar surface area (TPSA) is 154 Å². The van der Waals surface area contributed by atoms with Gasteiger partial charge in [-0.1, -0.05) is 41.5 Å². The summed E-state index contributed by atoms with van der Waals surface area (Å²) in [5.74, 6) is -1.72. The van der Waals surface area contributed by atoms with Crippen molar-refractivity contribution in [1.82, 2.24) is 15.0 Å². The van der Waals surface area contributed by atoms with Crippen molar-refractivity contribution in [3.8, 4) is 0 Å². The van der Waals surface area contributed by atoms with E-state index in [2.05, 4.69) is 30.9 Å². The fourth-order valence-corrected chi connectivity index (χ4v) is 2.86. The van der Waals surface area contributed by atoms with Crippen molar-refractivity contribution < 1.29 is 28.6 Å². The quantitative estimate of drug-likeness (QED) is 0.302. The van der Waals surface area contributed by atoms with Crippen molar-refractivity contribution in [2.24, 2.45) is 17.8 Å². The first kappa shape index (κ1) is 27.9. The van der Waals surface area contributed by atoms with Gasteiger partial charge in [0, 0.05) is 0 Å². The molecule has 0 aromatic carbocycles. The summed E-state index contributed by atoms with van der Waals surface area (Å²) < 4.78 is 14.6. The van der Waals surface area contributed by atoms with Gasteiger partial charge in [0.2, 0.25) is 17.8 Å². The Morgan fingerprint density at radius 3 is 0.909 bits per heavy atom. The van der Waals surface area contributed by atoms with Gasteiger partial charge in [-0.2, -0.15) is 15.0 Å². The number of rotatable bonds is 12. The van der Waals surface area contributed by atoms with Crippen molar-refractivity contribution in [3.05, 3.63) is 0 Å². The van der Waals surface area contributed by atoms with E-state index in [9.17, 15) is 14.4 Å². The average Bonchev–Trinajstić information content (AvgIpc) is 2.77. The monoisotopic (exact) mass is 468 g/mol. The minimum Gasteiger partial charge on any atom is -0.467 e. The lowest BCUT2D eigenvalue weighted by Gasteiger charge is -2.24. The van der Waals surface area contributed by atoms with Gasteiger partial charge in [-0.25, -0.2) is 14.4 Å². The highest BCUT2D eigenvalue weighted by Gasteiger charge is 2.28. The molecular formula is C21H36N6O6. The van der Waals surface area contributed by atoms with E-state index >= 15 is 0 Å². The predicted octanol–water partition coefficient (Wildman–Crippen LogP) is 1.70. The molecule has 0 aliphatic carbocycles. The van der Waals surface area contributed by atoms with Gasteiger partial charge in [-0.05, 0) is 17.8 Å². The SMILES string of the molecule is COC(=O)C(Nc1nc(NC(C(=O)OC)C(C)C)nc(NC(C(=O)OC)C(C)C)n1)C(C)C. The fraction of sp³-hybridized carbons (Fsp3) is 0.714. The Labute approximate surface area is 194 Å². The Kier molecular flexibility index (Phi) is 10.8. The first-order valence-electron chi connectivity index (χ1n) is 10.7. The molecule has 0 bridgehead atoms. The van der Waals surface area contributed by atoms with E-state index in [4.69, 9.17) is 14.2 Å². The lowest BCUT2D eigenvalue weighted by Crippen LogP contribution is -2.39. The summed E-state index contributed by atoms with van der Waals surface area (Å²) in [6.45, 7) is 11.0. The number of hydrogen-bond donors (Lipinski definition) is 3. The molecule has 0 radical (unpaired) electrons. The van der Waals surface area contributed by atoms with Crippen molar-refractivity contribution in [1.29, 1.82) is 0 Å². The van der Waals surface area contributed by atoms with Crippen LogP contribution in [0.3, 0.4) is 0 Å². The molecule has 0 saturated carbocycles. The van der Waals surface area contributed by atoms with E-state index in [0.29, 0.717) is 0 Å². The summed E-state index contributed by atoms with van der Waals surface area (Å²) in [5, 5.41) is 8.86. The van der Waals surface area contributed by atoms with Gasteiger partial charge in [0.1, 0.15) is 18.1 Å². The van der Waals surface area contributed by atoms with Crippen molar-refractivity contribution in [3.63, 3.8) is 0 Å². The first-order valence-corrected chi connectivity index (χ1v) is 10.7. The number of methoxy groups -OCH3 is 3. The molecule has 1 aromatic heterocycles. The standard InChI is InChI=1S/C21H36N6O6/c1-10(2)13(16(28)31-7)22-19-25-20(23-14(11(3)4)17(29)32-8)27-21(26-19)24-15(12(5)6)18(30)33-9/h10-15H,1-9H3,(H3,22,23,24,25,26,27). The van der Waals surface area contributed by atoms with E-state index in [0.717, 1.165) is 0 Å². The molecule has 186 valence electrons. The smallest absolute Gasteiger partial charge is 0.328 e. The predicted molar refractivity (Wildman–Crippen MR) is 123 cm³/mol. The average molecular weight is 469 g/mol. The Balaban J connectivity index is 3.44. The summed E-state index contributed by atoms with van der Waals surface area (Å²) in [5.41, 5.74) is 0. The number of hydrogen-bond acceptors (Lipinski definition) is 12. The minimum absolute atomic E-state index is 0.0545. The summed E-state index contributed by atoms with van der Waals surface area (Å²) in [7, 11) is 3.87. The summed E-state index contributed by atoms with van der Waals surface area (Å²) in [4.78, 5) is 49.6. The van der Waals surface area contributed by atoms with E-state index in [1.165, 1.54) is 21.3 Å². The van der Waals surface area contributed by atoms with E-state index in [-0.39, 0.29) is 35.6 Å². The lowest BCUT2D eigenvalue weighted by atomic mass is 10.0. The number of carbonyl (C=O) groups excluding carboxylic acids is 3. The Morgan fingerprint density at radius 2 is 0.758 bits per heavy atom. The van der Waals surface area contributed by atoms with Crippen LogP contribution in [-0.4, -0.2) is 72.3 Å². The highest BCUT2D eigenvalue weighted by atomic mass is 16.5. The van der Waals surface area contributed by atoms with Crippen LogP contribution in [0.2, 0.25) is 0 Å². The Morgan fingerprint density at radius 1 is 0.545 bits per heavy atom. The van der Waals surface area contributed by atoms with Gasteiger partial charge in [-0.15, -0.1) is 0 Å². The molecule has 0 amide bonds. The Hall–Kier alpha value is -3.18. The second kappa shape index (κ2) is 12.8. The third kappa shape index (κ3) is 8.03. The largest absolute Gasteiger partial charge is 0.467 e.